The highest BCUT2D eigenvalue weighted by Crippen LogP contribution is 2.19. The summed E-state index contributed by atoms with van der Waals surface area (Å²) in [5.41, 5.74) is 5.78. The Bertz CT molecular complexity index is 501. The van der Waals surface area contributed by atoms with Crippen molar-refractivity contribution in [3.8, 4) is 18.1 Å². The minimum atomic E-state index is -0.510. The Morgan fingerprint density at radius 2 is 2.33 bits per heavy atom. The van der Waals surface area contributed by atoms with Gasteiger partial charge in [-0.1, -0.05) is 12.0 Å². The molecular weight excluding hydrogens is 233 g/mol. The number of rotatable bonds is 5. The summed E-state index contributed by atoms with van der Waals surface area (Å²) in [7, 11) is 1.50. The monoisotopic (exact) mass is 247 g/mol. The highest BCUT2D eigenvalue weighted by molar-refractivity contribution is 5.42. The second-order valence-electron chi connectivity index (χ2n) is 3.34. The highest BCUT2D eigenvalue weighted by Gasteiger charge is 2.04. The van der Waals surface area contributed by atoms with Gasteiger partial charge in [-0.05, 0) is 24.3 Å². The van der Waals surface area contributed by atoms with Gasteiger partial charge in [0, 0.05) is 11.8 Å². The molecule has 0 bridgehead atoms. The van der Waals surface area contributed by atoms with E-state index in [1.54, 1.807) is 18.2 Å². The first-order valence-corrected chi connectivity index (χ1v) is 5.21. The highest BCUT2D eigenvalue weighted by atomic mass is 19.1. The fraction of sp³-hybridized carbons (Fsp3) is 0.143. The van der Waals surface area contributed by atoms with Crippen LogP contribution in [0.15, 0.2) is 42.2 Å². The van der Waals surface area contributed by atoms with Crippen molar-refractivity contribution in [2.45, 2.75) is 0 Å². The van der Waals surface area contributed by atoms with Crippen molar-refractivity contribution in [2.24, 2.45) is 0 Å². The van der Waals surface area contributed by atoms with Crippen LogP contribution in [0.2, 0.25) is 0 Å². The molecule has 0 amide bonds. The van der Waals surface area contributed by atoms with E-state index in [9.17, 15) is 4.39 Å². The first-order chi connectivity index (χ1) is 8.67. The molecule has 0 saturated carbocycles. The van der Waals surface area contributed by atoms with Crippen LogP contribution in [0.4, 0.5) is 10.1 Å². The fourth-order valence-electron chi connectivity index (χ4n) is 1.17. The number of hydrogen-bond acceptors (Lipinski definition) is 3. The van der Waals surface area contributed by atoms with Crippen LogP contribution >= 0.6 is 0 Å². The van der Waals surface area contributed by atoms with E-state index in [2.05, 4.69) is 5.92 Å². The van der Waals surface area contributed by atoms with Crippen LogP contribution in [0.5, 0.6) is 5.75 Å². The van der Waals surface area contributed by atoms with Gasteiger partial charge >= 0.3 is 0 Å². The molecule has 0 aromatic heterocycles. The van der Waals surface area contributed by atoms with Gasteiger partial charge in [0.1, 0.15) is 12.4 Å². The lowest BCUT2D eigenvalue weighted by Crippen LogP contribution is -2.04. The van der Waals surface area contributed by atoms with Gasteiger partial charge in [-0.25, -0.2) is 4.39 Å². The van der Waals surface area contributed by atoms with Gasteiger partial charge in [0.05, 0.1) is 7.11 Å². The lowest BCUT2D eigenvalue weighted by Gasteiger charge is -2.09. The Kier molecular flexibility index (Phi) is 5.33. The number of methoxy groups -OCH3 is 1. The second-order valence-corrected chi connectivity index (χ2v) is 3.34. The Hall–Kier alpha value is -2.41. The maximum Gasteiger partial charge on any atom is 0.167 e. The number of nitrogens with two attached hydrogens (primary N) is 1. The van der Waals surface area contributed by atoms with Crippen molar-refractivity contribution in [1.29, 1.82) is 0 Å². The minimum absolute atomic E-state index is 0.103. The summed E-state index contributed by atoms with van der Waals surface area (Å²) in [6.45, 7) is 0.103. The van der Waals surface area contributed by atoms with Gasteiger partial charge in [0.15, 0.2) is 11.6 Å². The summed E-state index contributed by atoms with van der Waals surface area (Å²) in [6.07, 6.45) is 9.86. The van der Waals surface area contributed by atoms with E-state index in [0.717, 1.165) is 0 Å². The topological polar surface area (TPSA) is 44.5 Å². The minimum Gasteiger partial charge on any atom is -0.497 e. The zero-order valence-corrected chi connectivity index (χ0v) is 10.0. The average Bonchev–Trinajstić information content (AvgIpc) is 2.35. The van der Waals surface area contributed by atoms with Crippen molar-refractivity contribution in [1.82, 2.24) is 0 Å². The van der Waals surface area contributed by atoms with Crippen molar-refractivity contribution in [2.75, 3.05) is 19.5 Å². The van der Waals surface area contributed by atoms with E-state index in [4.69, 9.17) is 21.6 Å². The Labute approximate surface area is 106 Å². The molecule has 1 rings (SSSR count). The maximum absolute atomic E-state index is 13.4. The van der Waals surface area contributed by atoms with Crippen molar-refractivity contribution in [3.05, 3.63) is 48.0 Å². The second kappa shape index (κ2) is 7.02. The fourth-order valence-corrected chi connectivity index (χ4v) is 1.17. The standard InChI is InChI=1S/C14H14FNO2/c1-3-4-5-6-12(17-2)10-18-14-8-7-11(16)9-13(14)15/h1,4-9H,10,16H2,2H3/b5-4-,12-6+. The van der Waals surface area contributed by atoms with Crippen molar-refractivity contribution < 1.29 is 13.9 Å². The van der Waals surface area contributed by atoms with Crippen LogP contribution in [0.25, 0.3) is 0 Å². The molecular formula is C14H14FNO2. The van der Waals surface area contributed by atoms with E-state index in [0.29, 0.717) is 11.4 Å². The molecule has 1 aromatic rings. The van der Waals surface area contributed by atoms with Crippen LogP contribution in [0.1, 0.15) is 0 Å². The molecule has 94 valence electrons. The van der Waals surface area contributed by atoms with Crippen LogP contribution in [0.3, 0.4) is 0 Å². The van der Waals surface area contributed by atoms with Gasteiger partial charge in [0.25, 0.3) is 0 Å². The number of nitrogen functional groups attached to an aromatic ring is 1. The van der Waals surface area contributed by atoms with E-state index < -0.39 is 5.82 Å². The molecule has 3 nitrogen and oxygen atoms in total. The molecule has 0 spiro atoms. The van der Waals surface area contributed by atoms with E-state index in [1.165, 1.54) is 25.3 Å². The molecule has 1 aromatic carbocycles. The molecule has 0 fully saturated rings. The normalized spacial score (nSPS) is 11.3. The molecule has 0 heterocycles. The molecule has 0 aliphatic rings. The largest absolute Gasteiger partial charge is 0.497 e. The van der Waals surface area contributed by atoms with Crippen LogP contribution in [0, 0.1) is 18.2 Å². The van der Waals surface area contributed by atoms with Gasteiger partial charge < -0.3 is 15.2 Å². The summed E-state index contributed by atoms with van der Waals surface area (Å²) >= 11 is 0. The lowest BCUT2D eigenvalue weighted by atomic mass is 10.3. The molecule has 0 aliphatic carbocycles. The first kappa shape index (κ1) is 13.7. The zero-order chi connectivity index (χ0) is 13.4. The smallest absolute Gasteiger partial charge is 0.167 e. The number of halogens is 1. The summed E-state index contributed by atoms with van der Waals surface area (Å²) in [6, 6.07) is 4.23. The van der Waals surface area contributed by atoms with Crippen LogP contribution < -0.4 is 10.5 Å². The van der Waals surface area contributed by atoms with Gasteiger partial charge in [-0.2, -0.15) is 0 Å². The number of terminal acetylenes is 1. The summed E-state index contributed by atoms with van der Waals surface area (Å²) in [5, 5.41) is 0. The average molecular weight is 247 g/mol. The number of benzene rings is 1. The predicted octanol–water partition coefficient (Wildman–Crippen LogP) is 2.51. The first-order valence-electron chi connectivity index (χ1n) is 5.21. The van der Waals surface area contributed by atoms with Gasteiger partial charge in [0.2, 0.25) is 0 Å². The van der Waals surface area contributed by atoms with Crippen LogP contribution in [-0.4, -0.2) is 13.7 Å². The van der Waals surface area contributed by atoms with Crippen molar-refractivity contribution in [3.63, 3.8) is 0 Å². The lowest BCUT2D eigenvalue weighted by molar-refractivity contribution is 0.215. The number of ether oxygens (including phenoxy) is 2. The SMILES string of the molecule is C#C/C=C\C=C(/COc1ccc(N)cc1F)OC. The third-order valence-corrected chi connectivity index (χ3v) is 2.06. The molecule has 0 atom stereocenters. The molecule has 0 aliphatic heterocycles. The number of allylic oxidation sites excluding steroid dienone is 3. The Morgan fingerprint density at radius 1 is 1.56 bits per heavy atom. The summed E-state index contributed by atoms with van der Waals surface area (Å²) in [5.74, 6) is 2.48. The van der Waals surface area contributed by atoms with E-state index in [-0.39, 0.29) is 12.4 Å². The molecule has 2 N–H and O–H groups in total. The molecule has 18 heavy (non-hydrogen) atoms. The Balaban J connectivity index is 2.66. The molecule has 0 unspecified atom stereocenters. The third-order valence-electron chi connectivity index (χ3n) is 2.06. The molecule has 0 saturated heterocycles. The van der Waals surface area contributed by atoms with Gasteiger partial charge in [-0.15, -0.1) is 6.42 Å². The van der Waals surface area contributed by atoms with Crippen LogP contribution in [-0.2, 0) is 4.74 Å². The quantitative estimate of drug-likeness (QED) is 0.376. The third kappa shape index (κ3) is 4.22. The summed E-state index contributed by atoms with van der Waals surface area (Å²) < 4.78 is 23.7. The Morgan fingerprint density at radius 3 is 2.94 bits per heavy atom. The molecule has 0 radical (unpaired) electrons. The zero-order valence-electron chi connectivity index (χ0n) is 10.0. The predicted molar refractivity (Wildman–Crippen MR) is 69.4 cm³/mol. The van der Waals surface area contributed by atoms with E-state index >= 15 is 0 Å². The van der Waals surface area contributed by atoms with Gasteiger partial charge in [-0.3, -0.25) is 0 Å². The molecule has 4 heteroatoms. The number of hydrogen-bond donors (Lipinski definition) is 1. The van der Waals surface area contributed by atoms with E-state index in [1.807, 2.05) is 0 Å². The number of anilines is 1. The summed E-state index contributed by atoms with van der Waals surface area (Å²) in [4.78, 5) is 0. The van der Waals surface area contributed by atoms with Crippen molar-refractivity contribution >= 4 is 5.69 Å². The maximum atomic E-state index is 13.4.